The van der Waals surface area contributed by atoms with E-state index in [4.69, 9.17) is 9.29 Å². The van der Waals surface area contributed by atoms with E-state index in [1.165, 1.54) is 0 Å². The van der Waals surface area contributed by atoms with Crippen molar-refractivity contribution in [2.24, 2.45) is 0 Å². The van der Waals surface area contributed by atoms with Gasteiger partial charge in [-0.15, -0.1) is 0 Å². The summed E-state index contributed by atoms with van der Waals surface area (Å²) < 4.78 is 26.0. The summed E-state index contributed by atoms with van der Waals surface area (Å²) in [6, 6.07) is 0. The van der Waals surface area contributed by atoms with Gasteiger partial charge in [-0.1, -0.05) is 0 Å². The second kappa shape index (κ2) is 3.75. The smallest absolute Gasteiger partial charge is 0.424 e. The molecule has 6 heteroatoms. The predicted molar refractivity (Wildman–Crippen MR) is 56.5 cm³/mol. The van der Waals surface area contributed by atoms with Crippen LogP contribution in [0.15, 0.2) is 0 Å². The molecule has 0 bridgehead atoms. The SMILES string of the molecule is CC1(OC(=O)N(S(=O)O)C(C)(C)C)CC1. The van der Waals surface area contributed by atoms with Crippen molar-refractivity contribution in [3.8, 4) is 0 Å². The highest BCUT2D eigenvalue weighted by Crippen LogP contribution is 2.39. The predicted octanol–water partition coefficient (Wildman–Crippen LogP) is 1.91. The minimum absolute atomic E-state index is 0.431. The number of carbonyl (C=O) groups is 1. The lowest BCUT2D eigenvalue weighted by molar-refractivity contribution is 0.0614. The second-order valence-corrected chi connectivity index (χ2v) is 5.84. The zero-order valence-electron chi connectivity index (χ0n) is 9.44. The first-order chi connectivity index (χ1) is 6.66. The van der Waals surface area contributed by atoms with Crippen LogP contribution in [-0.4, -0.2) is 30.3 Å². The maximum atomic E-state index is 11.6. The molecule has 1 aliphatic carbocycles. The first-order valence-corrected chi connectivity index (χ1v) is 5.86. The fourth-order valence-corrected chi connectivity index (χ4v) is 1.74. The Morgan fingerprint density at radius 1 is 1.47 bits per heavy atom. The maximum Gasteiger partial charge on any atom is 0.424 e. The van der Waals surface area contributed by atoms with E-state index in [0.717, 1.165) is 17.1 Å². The Kier molecular flexibility index (Phi) is 3.11. The van der Waals surface area contributed by atoms with Gasteiger partial charge >= 0.3 is 6.09 Å². The molecular weight excluding hydrogens is 218 g/mol. The standard InChI is InChI=1S/C9H17NO4S/c1-8(2,3)10(15(12)13)7(11)14-9(4)5-6-9/h5-6H2,1-4H3,(H,12,13). The first-order valence-electron chi connectivity index (χ1n) is 4.80. The molecule has 0 heterocycles. The summed E-state index contributed by atoms with van der Waals surface area (Å²) in [5, 5.41) is 0. The van der Waals surface area contributed by atoms with Gasteiger partial charge in [-0.25, -0.2) is 9.00 Å². The summed E-state index contributed by atoms with van der Waals surface area (Å²) in [4.78, 5) is 11.6. The van der Waals surface area contributed by atoms with Gasteiger partial charge in [0.05, 0.1) is 5.54 Å². The number of rotatable bonds is 2. The Hall–Kier alpha value is -0.620. The van der Waals surface area contributed by atoms with E-state index < -0.39 is 28.5 Å². The van der Waals surface area contributed by atoms with Crippen LogP contribution in [0.25, 0.3) is 0 Å². The van der Waals surface area contributed by atoms with E-state index in [0.29, 0.717) is 0 Å². The highest BCUT2D eigenvalue weighted by molar-refractivity contribution is 7.77. The van der Waals surface area contributed by atoms with E-state index >= 15 is 0 Å². The Morgan fingerprint density at radius 3 is 2.20 bits per heavy atom. The number of amides is 1. The van der Waals surface area contributed by atoms with E-state index in [9.17, 15) is 9.00 Å². The van der Waals surface area contributed by atoms with Gasteiger partial charge < -0.3 is 4.74 Å². The lowest BCUT2D eigenvalue weighted by Gasteiger charge is -2.31. The molecule has 88 valence electrons. The van der Waals surface area contributed by atoms with Gasteiger partial charge in [-0.05, 0) is 40.5 Å². The Labute approximate surface area is 92.2 Å². The third-order valence-corrected chi connectivity index (χ3v) is 3.23. The molecule has 1 unspecified atom stereocenters. The average molecular weight is 235 g/mol. The van der Waals surface area contributed by atoms with Crippen LogP contribution in [-0.2, 0) is 16.0 Å². The highest BCUT2D eigenvalue weighted by Gasteiger charge is 2.45. The van der Waals surface area contributed by atoms with Gasteiger partial charge in [0.2, 0.25) is 0 Å². The monoisotopic (exact) mass is 235 g/mol. The molecule has 1 rings (SSSR count). The van der Waals surface area contributed by atoms with Crippen LogP contribution in [0, 0.1) is 0 Å². The molecule has 0 spiro atoms. The molecule has 1 aliphatic rings. The van der Waals surface area contributed by atoms with Crippen LogP contribution in [0.3, 0.4) is 0 Å². The molecule has 15 heavy (non-hydrogen) atoms. The van der Waals surface area contributed by atoms with Gasteiger partial charge in [-0.3, -0.25) is 4.55 Å². The number of nitrogens with zero attached hydrogens (tertiary/aromatic N) is 1. The first kappa shape index (κ1) is 12.4. The lowest BCUT2D eigenvalue weighted by atomic mass is 10.1. The highest BCUT2D eigenvalue weighted by atomic mass is 32.2. The molecular formula is C9H17NO4S. The molecule has 0 radical (unpaired) electrons. The molecule has 0 aromatic carbocycles. The number of hydrogen-bond acceptors (Lipinski definition) is 3. The minimum Gasteiger partial charge on any atom is -0.442 e. The molecule has 5 nitrogen and oxygen atoms in total. The van der Waals surface area contributed by atoms with Crippen molar-refractivity contribution in [1.82, 2.24) is 4.31 Å². The quantitative estimate of drug-likeness (QED) is 0.742. The van der Waals surface area contributed by atoms with Crippen LogP contribution in [0.1, 0.15) is 40.5 Å². The summed E-state index contributed by atoms with van der Waals surface area (Å²) in [5.74, 6) is 0. The van der Waals surface area contributed by atoms with Crippen molar-refractivity contribution in [3.63, 3.8) is 0 Å². The van der Waals surface area contributed by atoms with Gasteiger partial charge in [0.25, 0.3) is 11.3 Å². The molecule has 0 saturated heterocycles. The molecule has 0 aliphatic heterocycles. The molecule has 1 N–H and O–H groups in total. The molecule has 0 aromatic heterocycles. The minimum atomic E-state index is -2.35. The van der Waals surface area contributed by atoms with E-state index in [1.807, 2.05) is 6.92 Å². The fourth-order valence-electron chi connectivity index (χ4n) is 1.10. The van der Waals surface area contributed by atoms with E-state index in [1.54, 1.807) is 20.8 Å². The van der Waals surface area contributed by atoms with Crippen molar-refractivity contribution >= 4 is 17.4 Å². The largest absolute Gasteiger partial charge is 0.442 e. The Morgan fingerprint density at radius 2 is 1.93 bits per heavy atom. The fraction of sp³-hybridized carbons (Fsp3) is 0.889. The zero-order valence-corrected chi connectivity index (χ0v) is 10.3. The average Bonchev–Trinajstić information content (AvgIpc) is 2.61. The van der Waals surface area contributed by atoms with Crippen molar-refractivity contribution in [2.75, 3.05) is 0 Å². The summed E-state index contributed by atoms with van der Waals surface area (Å²) >= 11 is -2.35. The van der Waals surface area contributed by atoms with Crippen molar-refractivity contribution in [2.45, 2.75) is 51.7 Å². The third kappa shape index (κ3) is 3.17. The van der Waals surface area contributed by atoms with Crippen molar-refractivity contribution in [3.05, 3.63) is 0 Å². The molecule has 1 amide bonds. The molecule has 1 saturated carbocycles. The summed E-state index contributed by atoms with van der Waals surface area (Å²) in [6.45, 7) is 6.85. The summed E-state index contributed by atoms with van der Waals surface area (Å²) in [6.07, 6.45) is 0.896. The van der Waals surface area contributed by atoms with Crippen molar-refractivity contribution < 1.29 is 18.3 Å². The third-order valence-electron chi connectivity index (χ3n) is 2.22. The Balaban J connectivity index is 2.72. The molecule has 1 fully saturated rings. The summed E-state index contributed by atoms with van der Waals surface area (Å²) in [7, 11) is 0. The topological polar surface area (TPSA) is 66.8 Å². The van der Waals surface area contributed by atoms with Gasteiger partial charge in [0.15, 0.2) is 0 Å². The Bertz CT molecular complexity index is 293. The van der Waals surface area contributed by atoms with Crippen LogP contribution in [0.2, 0.25) is 0 Å². The van der Waals surface area contributed by atoms with Crippen LogP contribution >= 0.6 is 0 Å². The second-order valence-electron chi connectivity index (χ2n) is 5.01. The molecule has 0 aromatic rings. The van der Waals surface area contributed by atoms with Gasteiger partial charge in [0.1, 0.15) is 5.60 Å². The molecule has 1 atom stereocenters. The van der Waals surface area contributed by atoms with E-state index in [-0.39, 0.29) is 0 Å². The van der Waals surface area contributed by atoms with Crippen molar-refractivity contribution in [1.29, 1.82) is 0 Å². The van der Waals surface area contributed by atoms with Crippen LogP contribution in [0.4, 0.5) is 4.79 Å². The zero-order chi connectivity index (χ0) is 11.9. The van der Waals surface area contributed by atoms with Gasteiger partial charge in [0, 0.05) is 0 Å². The maximum absolute atomic E-state index is 11.6. The normalized spacial score (nSPS) is 20.6. The van der Waals surface area contributed by atoms with Crippen LogP contribution < -0.4 is 0 Å². The lowest BCUT2D eigenvalue weighted by Crippen LogP contribution is -2.47. The van der Waals surface area contributed by atoms with E-state index in [2.05, 4.69) is 0 Å². The number of ether oxygens (including phenoxy) is 1. The van der Waals surface area contributed by atoms with Gasteiger partial charge in [-0.2, -0.15) is 4.31 Å². The van der Waals surface area contributed by atoms with Crippen LogP contribution in [0.5, 0.6) is 0 Å². The number of hydrogen-bond donors (Lipinski definition) is 1. The summed E-state index contributed by atoms with van der Waals surface area (Å²) in [5.41, 5.74) is -1.16. The number of carbonyl (C=O) groups excluding carboxylic acids is 1.